The van der Waals surface area contributed by atoms with Gasteiger partial charge in [0.05, 0.1) is 6.61 Å². The van der Waals surface area contributed by atoms with Crippen LogP contribution in [0.2, 0.25) is 0 Å². The van der Waals surface area contributed by atoms with Gasteiger partial charge in [0.2, 0.25) is 5.91 Å². The lowest BCUT2D eigenvalue weighted by Crippen LogP contribution is -2.27. The average molecular weight is 237 g/mol. The molecule has 1 amide bonds. The molecule has 1 rings (SSSR count). The number of anilines is 1. The van der Waals surface area contributed by atoms with E-state index in [1.165, 1.54) is 0 Å². The number of pyridine rings is 1. The van der Waals surface area contributed by atoms with Crippen molar-refractivity contribution in [3.05, 3.63) is 23.4 Å². The number of rotatable bonds is 5. The van der Waals surface area contributed by atoms with E-state index in [2.05, 4.69) is 10.3 Å². The Balaban J connectivity index is 2.68. The van der Waals surface area contributed by atoms with Gasteiger partial charge < -0.3 is 15.3 Å². The number of aromatic nitrogens is 1. The summed E-state index contributed by atoms with van der Waals surface area (Å²) in [5, 5.41) is 11.6. The van der Waals surface area contributed by atoms with Crippen molar-refractivity contribution in [3.8, 4) is 0 Å². The number of nitrogens with one attached hydrogen (secondary N) is 1. The van der Waals surface area contributed by atoms with E-state index in [4.69, 9.17) is 5.11 Å². The molecule has 1 aromatic heterocycles. The van der Waals surface area contributed by atoms with Crippen molar-refractivity contribution in [1.82, 2.24) is 10.3 Å². The SMILES string of the molecule is CNC(=O)CCN(C)c1ncc(CO)cc1C. The number of aryl methyl sites for hydroxylation is 1. The summed E-state index contributed by atoms with van der Waals surface area (Å²) in [7, 11) is 3.53. The zero-order valence-electron chi connectivity index (χ0n) is 10.5. The number of amides is 1. The Bertz CT molecular complexity index is 393. The van der Waals surface area contributed by atoms with Crippen LogP contribution < -0.4 is 10.2 Å². The molecule has 0 fully saturated rings. The van der Waals surface area contributed by atoms with Gasteiger partial charge in [-0.1, -0.05) is 0 Å². The maximum Gasteiger partial charge on any atom is 0.221 e. The van der Waals surface area contributed by atoms with E-state index in [9.17, 15) is 4.79 Å². The highest BCUT2D eigenvalue weighted by Gasteiger charge is 2.08. The van der Waals surface area contributed by atoms with E-state index in [0.717, 1.165) is 16.9 Å². The molecule has 0 saturated carbocycles. The monoisotopic (exact) mass is 237 g/mol. The summed E-state index contributed by atoms with van der Waals surface area (Å²) >= 11 is 0. The van der Waals surface area contributed by atoms with E-state index >= 15 is 0 Å². The second kappa shape index (κ2) is 6.20. The van der Waals surface area contributed by atoms with Gasteiger partial charge in [0.25, 0.3) is 0 Å². The van der Waals surface area contributed by atoms with Crippen molar-refractivity contribution in [2.24, 2.45) is 0 Å². The van der Waals surface area contributed by atoms with Gasteiger partial charge in [-0.15, -0.1) is 0 Å². The minimum absolute atomic E-state index is 0.00389. The second-order valence-electron chi connectivity index (χ2n) is 3.99. The topological polar surface area (TPSA) is 65.5 Å². The molecule has 0 aliphatic heterocycles. The highest BCUT2D eigenvalue weighted by molar-refractivity contribution is 5.76. The molecule has 1 aromatic rings. The van der Waals surface area contributed by atoms with Crippen molar-refractivity contribution in [2.45, 2.75) is 20.0 Å². The van der Waals surface area contributed by atoms with Gasteiger partial charge in [-0.3, -0.25) is 4.79 Å². The smallest absolute Gasteiger partial charge is 0.221 e. The maximum absolute atomic E-state index is 11.1. The molecule has 5 heteroatoms. The lowest BCUT2D eigenvalue weighted by atomic mass is 10.2. The molecular weight excluding hydrogens is 218 g/mol. The summed E-state index contributed by atoms with van der Waals surface area (Å²) < 4.78 is 0. The zero-order valence-corrected chi connectivity index (χ0v) is 10.5. The quantitative estimate of drug-likeness (QED) is 0.780. The molecule has 5 nitrogen and oxygen atoms in total. The van der Waals surface area contributed by atoms with E-state index < -0.39 is 0 Å². The predicted octanol–water partition coefficient (Wildman–Crippen LogP) is 0.455. The minimum Gasteiger partial charge on any atom is -0.392 e. The number of hydrogen-bond donors (Lipinski definition) is 2. The summed E-state index contributed by atoms with van der Waals surface area (Å²) in [5.41, 5.74) is 1.79. The average Bonchev–Trinajstić information content (AvgIpc) is 2.35. The summed E-state index contributed by atoms with van der Waals surface area (Å²) in [6.45, 7) is 2.56. The van der Waals surface area contributed by atoms with Crippen LogP contribution in [0.15, 0.2) is 12.3 Å². The number of aliphatic hydroxyl groups excluding tert-OH is 1. The van der Waals surface area contributed by atoms with Crippen LogP contribution in [0.4, 0.5) is 5.82 Å². The molecule has 1 heterocycles. The van der Waals surface area contributed by atoms with Crippen LogP contribution in [0.25, 0.3) is 0 Å². The van der Waals surface area contributed by atoms with Crippen LogP contribution in [0.1, 0.15) is 17.5 Å². The van der Waals surface area contributed by atoms with Gasteiger partial charge in [-0.2, -0.15) is 0 Å². The Kier molecular flexibility index (Phi) is 4.90. The highest BCUT2D eigenvalue weighted by atomic mass is 16.3. The van der Waals surface area contributed by atoms with Gasteiger partial charge in [0.1, 0.15) is 5.82 Å². The summed E-state index contributed by atoms with van der Waals surface area (Å²) in [4.78, 5) is 17.4. The van der Waals surface area contributed by atoms with E-state index in [1.54, 1.807) is 13.2 Å². The van der Waals surface area contributed by atoms with Crippen molar-refractivity contribution >= 4 is 11.7 Å². The van der Waals surface area contributed by atoms with Gasteiger partial charge in [0.15, 0.2) is 0 Å². The van der Waals surface area contributed by atoms with Crippen molar-refractivity contribution in [3.63, 3.8) is 0 Å². The Morgan fingerprint density at radius 1 is 1.59 bits per heavy atom. The second-order valence-corrected chi connectivity index (χ2v) is 3.99. The molecule has 0 aromatic carbocycles. The van der Waals surface area contributed by atoms with E-state index in [0.29, 0.717) is 13.0 Å². The molecule has 0 bridgehead atoms. The Labute approximate surface area is 101 Å². The van der Waals surface area contributed by atoms with Gasteiger partial charge in [-0.25, -0.2) is 4.98 Å². The Morgan fingerprint density at radius 2 is 2.29 bits per heavy atom. The number of carbonyl (C=O) groups excluding carboxylic acids is 1. The molecule has 0 unspecified atom stereocenters. The Morgan fingerprint density at radius 3 is 2.82 bits per heavy atom. The molecular formula is C12H19N3O2. The molecule has 94 valence electrons. The largest absolute Gasteiger partial charge is 0.392 e. The van der Waals surface area contributed by atoms with Gasteiger partial charge in [-0.05, 0) is 24.1 Å². The molecule has 2 N–H and O–H groups in total. The van der Waals surface area contributed by atoms with Crippen LogP contribution >= 0.6 is 0 Å². The van der Waals surface area contributed by atoms with Gasteiger partial charge in [0, 0.05) is 33.3 Å². The third-order valence-electron chi connectivity index (χ3n) is 2.60. The van der Waals surface area contributed by atoms with Crippen molar-refractivity contribution in [2.75, 3.05) is 25.5 Å². The third-order valence-corrected chi connectivity index (χ3v) is 2.60. The molecule has 0 aliphatic rings. The van der Waals surface area contributed by atoms with Crippen LogP contribution in [0.3, 0.4) is 0 Å². The summed E-state index contributed by atoms with van der Waals surface area (Å²) in [5.74, 6) is 0.854. The summed E-state index contributed by atoms with van der Waals surface area (Å²) in [6.07, 6.45) is 2.09. The molecule has 17 heavy (non-hydrogen) atoms. The molecule has 0 aliphatic carbocycles. The first-order chi connectivity index (χ1) is 8.08. The number of aliphatic hydroxyl groups is 1. The Hall–Kier alpha value is -1.62. The van der Waals surface area contributed by atoms with Gasteiger partial charge >= 0.3 is 0 Å². The van der Waals surface area contributed by atoms with Crippen molar-refractivity contribution < 1.29 is 9.90 Å². The van der Waals surface area contributed by atoms with E-state index in [1.807, 2.05) is 24.9 Å². The lowest BCUT2D eigenvalue weighted by Gasteiger charge is -2.20. The van der Waals surface area contributed by atoms with Crippen LogP contribution in [-0.4, -0.2) is 36.6 Å². The van der Waals surface area contributed by atoms with Crippen LogP contribution in [0, 0.1) is 6.92 Å². The highest BCUT2D eigenvalue weighted by Crippen LogP contribution is 2.16. The standard InChI is InChI=1S/C12H19N3O2/c1-9-6-10(8-16)7-14-12(9)15(3)5-4-11(17)13-2/h6-7,16H,4-5,8H2,1-3H3,(H,13,17). The fraction of sp³-hybridized carbons (Fsp3) is 0.500. The van der Waals surface area contributed by atoms with Crippen LogP contribution in [0.5, 0.6) is 0 Å². The normalized spacial score (nSPS) is 10.1. The first-order valence-electron chi connectivity index (χ1n) is 5.56. The molecule has 0 radical (unpaired) electrons. The maximum atomic E-state index is 11.1. The summed E-state index contributed by atoms with van der Waals surface area (Å²) in [6, 6.07) is 1.90. The first-order valence-corrected chi connectivity index (χ1v) is 5.56. The molecule has 0 atom stereocenters. The molecule has 0 saturated heterocycles. The fourth-order valence-electron chi connectivity index (χ4n) is 1.61. The van der Waals surface area contributed by atoms with E-state index in [-0.39, 0.29) is 12.5 Å². The van der Waals surface area contributed by atoms with Crippen LogP contribution in [-0.2, 0) is 11.4 Å². The predicted molar refractivity (Wildman–Crippen MR) is 66.9 cm³/mol. The third kappa shape index (κ3) is 3.71. The number of carbonyl (C=O) groups is 1. The zero-order chi connectivity index (χ0) is 12.8. The number of nitrogens with zero attached hydrogens (tertiary/aromatic N) is 2. The fourth-order valence-corrected chi connectivity index (χ4v) is 1.61. The first kappa shape index (κ1) is 13.4. The van der Waals surface area contributed by atoms with Crippen molar-refractivity contribution in [1.29, 1.82) is 0 Å². The number of hydrogen-bond acceptors (Lipinski definition) is 4. The molecule has 0 spiro atoms. The minimum atomic E-state index is -0.00389. The lowest BCUT2D eigenvalue weighted by molar-refractivity contribution is -0.120.